The van der Waals surface area contributed by atoms with Crippen molar-refractivity contribution in [3.05, 3.63) is 47.3 Å². The minimum absolute atomic E-state index is 0.00922. The third kappa shape index (κ3) is 3.12. The van der Waals surface area contributed by atoms with Gasteiger partial charge in [-0.05, 0) is 56.0 Å². The fourth-order valence-corrected chi connectivity index (χ4v) is 5.60. The Bertz CT molecular complexity index is 1150. The molecule has 2 aromatic heterocycles. The topological polar surface area (TPSA) is 102 Å². The molecule has 8 heteroatoms. The van der Waals surface area contributed by atoms with E-state index in [0.29, 0.717) is 0 Å². The molecule has 32 heavy (non-hydrogen) atoms. The number of aromatic amines is 1. The number of likely N-dealkylation sites (tertiary alicyclic amines) is 1. The summed E-state index contributed by atoms with van der Waals surface area (Å²) in [6.07, 6.45) is 8.01. The second kappa shape index (κ2) is 6.93. The zero-order valence-corrected chi connectivity index (χ0v) is 18.3. The molecule has 8 nitrogen and oxygen atoms in total. The van der Waals surface area contributed by atoms with Gasteiger partial charge in [0, 0.05) is 42.5 Å². The number of H-pyrrole nitrogens is 1. The molecule has 1 saturated heterocycles. The van der Waals surface area contributed by atoms with E-state index in [-0.39, 0.29) is 29.4 Å². The van der Waals surface area contributed by atoms with E-state index < -0.39 is 0 Å². The van der Waals surface area contributed by atoms with Crippen LogP contribution in [0.5, 0.6) is 0 Å². The highest BCUT2D eigenvalue weighted by molar-refractivity contribution is 6.01. The van der Waals surface area contributed by atoms with Gasteiger partial charge in [-0.3, -0.25) is 9.59 Å². The highest BCUT2D eigenvalue weighted by atomic mass is 16.2. The lowest BCUT2D eigenvalue weighted by atomic mass is 9.87. The molecule has 2 fully saturated rings. The molecule has 0 bridgehead atoms. The van der Waals surface area contributed by atoms with Crippen LogP contribution in [0, 0.1) is 0 Å². The van der Waals surface area contributed by atoms with E-state index in [1.807, 2.05) is 13.2 Å². The smallest absolute Gasteiger partial charge is 0.253 e. The van der Waals surface area contributed by atoms with E-state index >= 15 is 0 Å². The molecule has 2 unspecified atom stereocenters. The van der Waals surface area contributed by atoms with Crippen molar-refractivity contribution in [2.75, 3.05) is 25.5 Å². The Labute approximate surface area is 186 Å². The number of carbonyl (C=O) groups excluding carboxylic acids is 2. The Hall–Kier alpha value is -3.13. The lowest BCUT2D eigenvalue weighted by molar-refractivity contribution is -0.117. The summed E-state index contributed by atoms with van der Waals surface area (Å²) in [6.45, 7) is 5.14. The second-order valence-corrected chi connectivity index (χ2v) is 9.76. The van der Waals surface area contributed by atoms with Gasteiger partial charge < -0.3 is 25.8 Å². The van der Waals surface area contributed by atoms with Crippen molar-refractivity contribution in [1.82, 2.24) is 25.5 Å². The largest absolute Gasteiger partial charge is 0.364 e. The molecule has 2 atom stereocenters. The fraction of sp³-hybridized carbons (Fsp3) is 0.458. The molecule has 0 aromatic carbocycles. The van der Waals surface area contributed by atoms with Gasteiger partial charge in [0.15, 0.2) is 0 Å². The van der Waals surface area contributed by atoms with Gasteiger partial charge in [0.1, 0.15) is 5.82 Å². The molecule has 4 aliphatic rings. The summed E-state index contributed by atoms with van der Waals surface area (Å²) >= 11 is 0. The van der Waals surface area contributed by atoms with Crippen molar-refractivity contribution in [3.8, 4) is 11.3 Å². The number of aryl methyl sites for hydroxylation is 1. The van der Waals surface area contributed by atoms with Crippen LogP contribution in [0.3, 0.4) is 0 Å². The number of hydrogen-bond donors (Lipinski definition) is 4. The van der Waals surface area contributed by atoms with Crippen molar-refractivity contribution in [3.63, 3.8) is 0 Å². The second-order valence-electron chi connectivity index (χ2n) is 9.76. The number of anilines is 1. The molecule has 166 valence electrons. The standard InChI is InChI=1S/C24H28N6O2/c1-3-20(31)27-18-12-30(2)11-17(18)26-19-8-15-13(10-25-19)4-5-14-21-16(28-22(14)15)9-24(6-7-24)29-23(21)32/h3,8,10,17-18,28H,1,4-7,9,11-12H2,2H3,(H,25,26)(H,27,31)(H,29,32). The summed E-state index contributed by atoms with van der Waals surface area (Å²) in [5, 5.41) is 9.79. The van der Waals surface area contributed by atoms with Crippen molar-refractivity contribution in [1.29, 1.82) is 0 Å². The van der Waals surface area contributed by atoms with Gasteiger partial charge >= 0.3 is 0 Å². The van der Waals surface area contributed by atoms with Crippen LogP contribution in [-0.2, 0) is 24.1 Å². The Morgan fingerprint density at radius 2 is 2.12 bits per heavy atom. The first-order valence-corrected chi connectivity index (χ1v) is 11.4. The first-order valence-electron chi connectivity index (χ1n) is 11.4. The van der Waals surface area contributed by atoms with E-state index in [9.17, 15) is 9.59 Å². The highest BCUT2D eigenvalue weighted by Crippen LogP contribution is 2.45. The summed E-state index contributed by atoms with van der Waals surface area (Å²) in [5.74, 6) is 0.696. The number of amides is 2. The average molecular weight is 433 g/mol. The van der Waals surface area contributed by atoms with Crippen molar-refractivity contribution in [2.24, 2.45) is 0 Å². The quantitative estimate of drug-likeness (QED) is 0.547. The van der Waals surface area contributed by atoms with Crippen LogP contribution in [-0.4, -0.2) is 64.4 Å². The van der Waals surface area contributed by atoms with Gasteiger partial charge in [-0.2, -0.15) is 0 Å². The van der Waals surface area contributed by atoms with Crippen LogP contribution in [0.25, 0.3) is 11.3 Å². The van der Waals surface area contributed by atoms with Crippen molar-refractivity contribution < 1.29 is 9.59 Å². The average Bonchev–Trinajstić information content (AvgIpc) is 3.24. The maximum Gasteiger partial charge on any atom is 0.253 e. The molecule has 4 N–H and O–H groups in total. The minimum atomic E-state index is -0.163. The van der Waals surface area contributed by atoms with Gasteiger partial charge in [-0.25, -0.2) is 4.98 Å². The number of likely N-dealkylation sites (N-methyl/N-ethyl adjacent to an activating group) is 1. The fourth-order valence-electron chi connectivity index (χ4n) is 5.60. The molecule has 2 aliphatic heterocycles. The molecule has 2 aromatic rings. The van der Waals surface area contributed by atoms with Crippen LogP contribution in [0.1, 0.15) is 40.0 Å². The Morgan fingerprint density at radius 3 is 2.91 bits per heavy atom. The van der Waals surface area contributed by atoms with E-state index in [1.54, 1.807) is 0 Å². The van der Waals surface area contributed by atoms with Gasteiger partial charge in [0.25, 0.3) is 5.91 Å². The number of nitrogens with one attached hydrogen (secondary N) is 4. The van der Waals surface area contributed by atoms with E-state index in [4.69, 9.17) is 0 Å². The summed E-state index contributed by atoms with van der Waals surface area (Å²) < 4.78 is 0. The monoisotopic (exact) mass is 432 g/mol. The predicted octanol–water partition coefficient (Wildman–Crippen LogP) is 1.39. The molecule has 6 rings (SSSR count). The number of pyridine rings is 1. The summed E-state index contributed by atoms with van der Waals surface area (Å²) in [6, 6.07) is 2.12. The SMILES string of the molecule is C=CC(=O)NC1CN(C)CC1Nc1cc2c(cn1)CCc1c-2[nH]c2c1C(=O)NC1(CC1)C2. The normalized spacial score (nSPS) is 24.8. The van der Waals surface area contributed by atoms with Crippen LogP contribution in [0.4, 0.5) is 5.82 Å². The van der Waals surface area contributed by atoms with Crippen molar-refractivity contribution >= 4 is 17.6 Å². The number of aromatic nitrogens is 2. The number of carbonyl (C=O) groups is 2. The zero-order valence-electron chi connectivity index (χ0n) is 18.3. The minimum Gasteiger partial charge on any atom is -0.364 e. The maximum absolute atomic E-state index is 12.9. The lowest BCUT2D eigenvalue weighted by Gasteiger charge is -2.24. The number of rotatable bonds is 4. The molecular formula is C24H28N6O2. The molecule has 2 amide bonds. The molecule has 2 aliphatic carbocycles. The number of fused-ring (bicyclic) bond motifs is 5. The van der Waals surface area contributed by atoms with Crippen molar-refractivity contribution in [2.45, 2.75) is 49.7 Å². The summed E-state index contributed by atoms with van der Waals surface area (Å²) in [7, 11) is 2.04. The third-order valence-electron chi connectivity index (χ3n) is 7.40. The number of nitrogens with zero attached hydrogens (tertiary/aromatic N) is 2. The van der Waals surface area contributed by atoms with Gasteiger partial charge in [-0.15, -0.1) is 0 Å². The van der Waals surface area contributed by atoms with E-state index in [0.717, 1.165) is 79.1 Å². The van der Waals surface area contributed by atoms with E-state index in [2.05, 4.69) is 43.5 Å². The van der Waals surface area contributed by atoms with Gasteiger partial charge in [0.05, 0.1) is 23.3 Å². The zero-order chi connectivity index (χ0) is 22.0. The Morgan fingerprint density at radius 1 is 1.31 bits per heavy atom. The first kappa shape index (κ1) is 19.5. The summed E-state index contributed by atoms with van der Waals surface area (Å²) in [5.41, 5.74) is 6.45. The van der Waals surface area contributed by atoms with Crippen LogP contribution < -0.4 is 16.0 Å². The molecule has 1 spiro atoms. The Balaban J connectivity index is 1.30. The third-order valence-corrected chi connectivity index (χ3v) is 7.40. The maximum atomic E-state index is 12.9. The van der Waals surface area contributed by atoms with Gasteiger partial charge in [-0.1, -0.05) is 6.58 Å². The molecule has 1 saturated carbocycles. The number of hydrogen-bond acceptors (Lipinski definition) is 5. The van der Waals surface area contributed by atoms with Crippen LogP contribution >= 0.6 is 0 Å². The van der Waals surface area contributed by atoms with Gasteiger partial charge in [0.2, 0.25) is 5.91 Å². The molecule has 4 heterocycles. The molecule has 0 radical (unpaired) electrons. The molecular weight excluding hydrogens is 404 g/mol. The summed E-state index contributed by atoms with van der Waals surface area (Å²) in [4.78, 5) is 35.2. The van der Waals surface area contributed by atoms with Crippen LogP contribution in [0.15, 0.2) is 24.9 Å². The highest BCUT2D eigenvalue weighted by Gasteiger charge is 2.49. The van der Waals surface area contributed by atoms with E-state index in [1.165, 1.54) is 11.6 Å². The Kier molecular flexibility index (Phi) is 4.24. The first-order chi connectivity index (χ1) is 15.4. The lowest BCUT2D eigenvalue weighted by Crippen LogP contribution is -2.45. The van der Waals surface area contributed by atoms with Crippen LogP contribution in [0.2, 0.25) is 0 Å². The predicted molar refractivity (Wildman–Crippen MR) is 122 cm³/mol.